The maximum Gasteiger partial charge on any atom is 0.268 e. The van der Waals surface area contributed by atoms with E-state index in [4.69, 9.17) is 9.72 Å². The molecule has 0 spiro atoms. The first-order valence-electron chi connectivity index (χ1n) is 13.2. The van der Waals surface area contributed by atoms with E-state index in [1.165, 1.54) is 9.54 Å². The highest BCUT2D eigenvalue weighted by Crippen LogP contribution is 2.31. The van der Waals surface area contributed by atoms with Crippen molar-refractivity contribution >= 4 is 21.1 Å². The van der Waals surface area contributed by atoms with Crippen LogP contribution in [-0.4, -0.2) is 17.4 Å². The Labute approximate surface area is 231 Å². The Hall–Kier alpha value is -3.90. The second-order valence-corrected chi connectivity index (χ2v) is 12.2. The van der Waals surface area contributed by atoms with E-state index in [0.717, 1.165) is 44.8 Å². The van der Waals surface area contributed by atoms with Crippen LogP contribution in [-0.2, 0) is 23.1 Å². The van der Waals surface area contributed by atoms with Gasteiger partial charge in [-0.3, -0.25) is 4.98 Å². The second-order valence-electron chi connectivity index (χ2n) is 10.5. The average Bonchev–Trinajstić information content (AvgIpc) is 3.30. The third-order valence-corrected chi connectivity index (χ3v) is 9.06. The van der Waals surface area contributed by atoms with Crippen molar-refractivity contribution in [2.24, 2.45) is 0 Å². The van der Waals surface area contributed by atoms with Gasteiger partial charge in [-0.2, -0.15) is 0 Å². The highest BCUT2D eigenvalue weighted by atomic mass is 32.2. The largest absolute Gasteiger partial charge is 0.489 e. The minimum absolute atomic E-state index is 0.119. The summed E-state index contributed by atoms with van der Waals surface area (Å²) in [5, 5.41) is 0. The summed E-state index contributed by atoms with van der Waals surface area (Å²) in [6.45, 7) is 10.7. The highest BCUT2D eigenvalue weighted by Gasteiger charge is 2.24. The molecule has 0 saturated heterocycles. The normalized spacial score (nSPS) is 11.8. The van der Waals surface area contributed by atoms with Gasteiger partial charge in [0.15, 0.2) is 0 Å². The molecule has 5 aromatic rings. The smallest absolute Gasteiger partial charge is 0.268 e. The Bertz CT molecular complexity index is 1730. The SMILES string of the molecule is Cc1ccccc1S(=O)(=O)n1cc(C(C)C)c2nc(Cc3c(C)cc(OCc4ccccc4)cc3C)ccc21. The molecule has 0 radical (unpaired) electrons. The van der Waals surface area contributed by atoms with Crippen molar-refractivity contribution in [2.45, 2.75) is 58.5 Å². The molecular weight excluding hydrogens is 504 g/mol. The van der Waals surface area contributed by atoms with E-state index < -0.39 is 10.0 Å². The van der Waals surface area contributed by atoms with Crippen molar-refractivity contribution < 1.29 is 13.2 Å². The summed E-state index contributed by atoms with van der Waals surface area (Å²) in [4.78, 5) is 5.31. The topological polar surface area (TPSA) is 61.2 Å². The summed E-state index contributed by atoms with van der Waals surface area (Å²) in [5.41, 5.74) is 8.49. The molecular formula is C33H34N2O3S. The van der Waals surface area contributed by atoms with Gasteiger partial charge in [0.2, 0.25) is 0 Å². The zero-order chi connectivity index (χ0) is 27.7. The number of ether oxygens (including phenoxy) is 1. The fraction of sp³-hybridized carbons (Fsp3) is 0.242. The standard InChI is InChI=1S/C33H34N2O3S/c1-22(2)30-20-35(39(36,37)32-14-10-9-11-23(32)3)31-16-15-27(34-33(30)31)19-29-24(4)17-28(18-25(29)5)38-21-26-12-7-6-8-13-26/h6-18,20,22H,19,21H2,1-5H3. The van der Waals surface area contributed by atoms with Crippen LogP contribution in [0.3, 0.4) is 0 Å². The molecule has 0 aliphatic rings. The highest BCUT2D eigenvalue weighted by molar-refractivity contribution is 7.90. The fourth-order valence-corrected chi connectivity index (χ4v) is 6.64. The van der Waals surface area contributed by atoms with Crippen LogP contribution in [0.15, 0.2) is 90.0 Å². The van der Waals surface area contributed by atoms with Gasteiger partial charge in [-0.05, 0) is 90.4 Å². The first kappa shape index (κ1) is 26.7. The van der Waals surface area contributed by atoms with Crippen LogP contribution in [0.25, 0.3) is 11.0 Å². The molecule has 0 aliphatic heterocycles. The molecule has 5 rings (SSSR count). The summed E-state index contributed by atoms with van der Waals surface area (Å²) in [6.07, 6.45) is 2.39. The molecule has 3 aromatic carbocycles. The van der Waals surface area contributed by atoms with Gasteiger partial charge in [0.05, 0.1) is 15.9 Å². The van der Waals surface area contributed by atoms with Crippen LogP contribution in [0, 0.1) is 20.8 Å². The van der Waals surface area contributed by atoms with Gasteiger partial charge in [0.1, 0.15) is 12.4 Å². The van der Waals surface area contributed by atoms with Crippen LogP contribution in [0.4, 0.5) is 0 Å². The Morgan fingerprint density at radius 2 is 1.51 bits per heavy atom. The summed E-state index contributed by atoms with van der Waals surface area (Å²) >= 11 is 0. The van der Waals surface area contributed by atoms with Gasteiger partial charge in [0.25, 0.3) is 10.0 Å². The summed E-state index contributed by atoms with van der Waals surface area (Å²) < 4.78 is 34.8. The first-order chi connectivity index (χ1) is 18.6. The number of fused-ring (bicyclic) bond motifs is 1. The molecule has 0 amide bonds. The van der Waals surface area contributed by atoms with Crippen molar-refractivity contribution in [1.82, 2.24) is 8.96 Å². The predicted octanol–water partition coefficient (Wildman–Crippen LogP) is 7.49. The average molecular weight is 539 g/mol. The number of rotatable bonds is 8. The molecule has 0 atom stereocenters. The van der Waals surface area contributed by atoms with Crippen molar-refractivity contribution in [3.63, 3.8) is 0 Å². The number of hydrogen-bond acceptors (Lipinski definition) is 4. The van der Waals surface area contributed by atoms with Gasteiger partial charge < -0.3 is 4.74 Å². The Morgan fingerprint density at radius 1 is 0.846 bits per heavy atom. The lowest BCUT2D eigenvalue weighted by molar-refractivity contribution is 0.305. The monoisotopic (exact) mass is 538 g/mol. The number of aryl methyl sites for hydroxylation is 3. The van der Waals surface area contributed by atoms with Gasteiger partial charge in [-0.25, -0.2) is 12.4 Å². The van der Waals surface area contributed by atoms with Gasteiger partial charge >= 0.3 is 0 Å². The zero-order valence-corrected chi connectivity index (χ0v) is 23.9. The molecule has 2 aromatic heterocycles. The fourth-order valence-electron chi connectivity index (χ4n) is 5.05. The molecule has 0 bridgehead atoms. The molecule has 0 aliphatic carbocycles. The summed E-state index contributed by atoms with van der Waals surface area (Å²) in [5.74, 6) is 0.967. The predicted molar refractivity (Wildman–Crippen MR) is 157 cm³/mol. The number of aromatic nitrogens is 2. The molecule has 39 heavy (non-hydrogen) atoms. The van der Waals surface area contributed by atoms with Crippen molar-refractivity contribution in [3.8, 4) is 5.75 Å². The van der Waals surface area contributed by atoms with Crippen LogP contribution >= 0.6 is 0 Å². The molecule has 200 valence electrons. The van der Waals surface area contributed by atoms with Gasteiger partial charge in [-0.15, -0.1) is 0 Å². The molecule has 6 heteroatoms. The molecule has 0 unspecified atom stereocenters. The lowest BCUT2D eigenvalue weighted by Gasteiger charge is -2.14. The van der Waals surface area contributed by atoms with Crippen LogP contribution in [0.5, 0.6) is 5.75 Å². The van der Waals surface area contributed by atoms with Gasteiger partial charge in [0, 0.05) is 18.3 Å². The van der Waals surface area contributed by atoms with Crippen LogP contribution < -0.4 is 4.74 Å². The van der Waals surface area contributed by atoms with E-state index in [2.05, 4.69) is 52.0 Å². The number of hydrogen-bond donors (Lipinski definition) is 0. The Morgan fingerprint density at radius 3 is 2.18 bits per heavy atom. The lowest BCUT2D eigenvalue weighted by Crippen LogP contribution is -2.13. The Balaban J connectivity index is 1.48. The zero-order valence-electron chi connectivity index (χ0n) is 23.1. The molecule has 2 heterocycles. The number of nitrogens with zero attached hydrogens (tertiary/aromatic N) is 2. The van der Waals surface area contributed by atoms with Crippen LogP contribution in [0.2, 0.25) is 0 Å². The summed E-state index contributed by atoms with van der Waals surface area (Å²) in [6, 6.07) is 25.2. The van der Waals surface area contributed by atoms with Crippen molar-refractivity contribution in [3.05, 3.63) is 124 Å². The van der Waals surface area contributed by atoms with E-state index in [0.29, 0.717) is 23.4 Å². The van der Waals surface area contributed by atoms with E-state index in [9.17, 15) is 8.42 Å². The number of pyridine rings is 1. The first-order valence-corrected chi connectivity index (χ1v) is 14.7. The minimum Gasteiger partial charge on any atom is -0.489 e. The van der Waals surface area contributed by atoms with Gasteiger partial charge in [-0.1, -0.05) is 62.4 Å². The molecule has 0 N–H and O–H groups in total. The maximum atomic E-state index is 13.7. The third-order valence-electron chi connectivity index (χ3n) is 7.23. The van der Waals surface area contributed by atoms with E-state index in [1.807, 2.05) is 49.4 Å². The molecule has 5 nitrogen and oxygen atoms in total. The van der Waals surface area contributed by atoms with E-state index in [1.54, 1.807) is 18.3 Å². The van der Waals surface area contributed by atoms with E-state index in [-0.39, 0.29) is 5.92 Å². The maximum absolute atomic E-state index is 13.7. The van der Waals surface area contributed by atoms with Crippen molar-refractivity contribution in [2.75, 3.05) is 0 Å². The quantitative estimate of drug-likeness (QED) is 0.205. The summed E-state index contributed by atoms with van der Waals surface area (Å²) in [7, 11) is -3.76. The number of benzene rings is 3. The van der Waals surface area contributed by atoms with Crippen LogP contribution in [0.1, 0.15) is 58.8 Å². The lowest BCUT2D eigenvalue weighted by atomic mass is 9.97. The minimum atomic E-state index is -3.76. The molecule has 0 saturated carbocycles. The Kier molecular flexibility index (Phi) is 7.32. The third kappa shape index (κ3) is 5.34. The van der Waals surface area contributed by atoms with E-state index >= 15 is 0 Å². The van der Waals surface area contributed by atoms with Crippen molar-refractivity contribution in [1.29, 1.82) is 0 Å². The molecule has 0 fully saturated rings. The second kappa shape index (κ2) is 10.7.